The molecule has 1 atom stereocenters. The minimum absolute atomic E-state index is 0.0934. The zero-order valence-electron chi connectivity index (χ0n) is 17.6. The van der Waals surface area contributed by atoms with Crippen LogP contribution in [0.25, 0.3) is 11.0 Å². The second-order valence-corrected chi connectivity index (χ2v) is 9.25. The van der Waals surface area contributed by atoms with Crippen molar-refractivity contribution in [2.75, 3.05) is 0 Å². The van der Waals surface area contributed by atoms with E-state index >= 15 is 0 Å². The molecular weight excluding hydrogens is 364 g/mol. The molecule has 1 aliphatic rings. The van der Waals surface area contributed by atoms with Gasteiger partial charge in [-0.1, -0.05) is 39.8 Å². The van der Waals surface area contributed by atoms with Crippen molar-refractivity contribution in [3.05, 3.63) is 52.6 Å². The van der Waals surface area contributed by atoms with Gasteiger partial charge in [-0.25, -0.2) is 4.98 Å². The second kappa shape index (κ2) is 6.87. The van der Waals surface area contributed by atoms with E-state index in [0.29, 0.717) is 17.7 Å². The molecule has 29 heavy (non-hydrogen) atoms. The molecule has 152 valence electrons. The summed E-state index contributed by atoms with van der Waals surface area (Å²) in [6.45, 7) is 10.1. The van der Waals surface area contributed by atoms with E-state index in [9.17, 15) is 9.59 Å². The molecule has 0 aliphatic heterocycles. The van der Waals surface area contributed by atoms with Gasteiger partial charge in [-0.3, -0.25) is 9.59 Å². The standard InChI is InChI=1S/C23H28N4O2/c1-12(2)19(21-25-14-8-6-7-9-15(14)26-21)27-22(29)20-13(3)18-16(24-20)10-23(4,5)11-17(18)28/h6-9,12,19,24H,10-11H2,1-5H3,(H,25,26)(H,27,29)/t19-/m0/s1. The quantitative estimate of drug-likeness (QED) is 0.611. The molecule has 1 amide bonds. The molecule has 0 unspecified atom stereocenters. The summed E-state index contributed by atoms with van der Waals surface area (Å²) in [6, 6.07) is 7.56. The molecule has 0 spiro atoms. The molecule has 0 fully saturated rings. The first-order valence-electron chi connectivity index (χ1n) is 10.2. The van der Waals surface area contributed by atoms with Gasteiger partial charge < -0.3 is 15.3 Å². The smallest absolute Gasteiger partial charge is 0.268 e. The minimum Gasteiger partial charge on any atom is -0.354 e. The maximum Gasteiger partial charge on any atom is 0.268 e. The number of fused-ring (bicyclic) bond motifs is 2. The van der Waals surface area contributed by atoms with E-state index in [2.05, 4.69) is 48.0 Å². The molecule has 3 aromatic rings. The Morgan fingerprint density at radius 3 is 2.59 bits per heavy atom. The van der Waals surface area contributed by atoms with Crippen molar-refractivity contribution in [3.8, 4) is 0 Å². The fourth-order valence-electron chi connectivity index (χ4n) is 4.34. The third-order valence-corrected chi connectivity index (χ3v) is 5.78. The summed E-state index contributed by atoms with van der Waals surface area (Å²) >= 11 is 0. The Bertz CT molecular complexity index is 1070. The molecule has 1 aliphatic carbocycles. The Morgan fingerprint density at radius 1 is 1.17 bits per heavy atom. The second-order valence-electron chi connectivity index (χ2n) is 9.25. The van der Waals surface area contributed by atoms with Gasteiger partial charge in [-0.05, 0) is 42.4 Å². The number of ketones is 1. The highest BCUT2D eigenvalue weighted by Gasteiger charge is 2.35. The first-order chi connectivity index (χ1) is 13.7. The van der Waals surface area contributed by atoms with Gasteiger partial charge >= 0.3 is 0 Å². The molecule has 0 radical (unpaired) electrons. The van der Waals surface area contributed by atoms with Crippen LogP contribution in [0.3, 0.4) is 0 Å². The largest absolute Gasteiger partial charge is 0.354 e. The number of imidazole rings is 1. The summed E-state index contributed by atoms with van der Waals surface area (Å²) in [5.74, 6) is 0.786. The molecule has 0 saturated heterocycles. The van der Waals surface area contributed by atoms with Gasteiger partial charge in [0.05, 0.1) is 17.1 Å². The van der Waals surface area contributed by atoms with Gasteiger partial charge in [0.2, 0.25) is 0 Å². The van der Waals surface area contributed by atoms with E-state index in [-0.39, 0.29) is 29.1 Å². The Morgan fingerprint density at radius 2 is 1.90 bits per heavy atom. The number of hydrogen-bond acceptors (Lipinski definition) is 3. The van der Waals surface area contributed by atoms with Gasteiger partial charge in [0.1, 0.15) is 11.5 Å². The number of rotatable bonds is 4. The van der Waals surface area contributed by atoms with Gasteiger partial charge in [-0.15, -0.1) is 0 Å². The van der Waals surface area contributed by atoms with Crippen LogP contribution in [0.4, 0.5) is 0 Å². The first-order valence-corrected chi connectivity index (χ1v) is 10.2. The van der Waals surface area contributed by atoms with E-state index in [0.717, 1.165) is 34.5 Å². The number of para-hydroxylation sites is 2. The monoisotopic (exact) mass is 392 g/mol. The van der Waals surface area contributed by atoms with Crippen LogP contribution in [-0.2, 0) is 6.42 Å². The van der Waals surface area contributed by atoms with Crippen molar-refractivity contribution >= 4 is 22.7 Å². The zero-order valence-corrected chi connectivity index (χ0v) is 17.6. The molecular formula is C23H28N4O2. The molecule has 2 heterocycles. The number of nitrogens with one attached hydrogen (secondary N) is 3. The van der Waals surface area contributed by atoms with Crippen LogP contribution in [0.15, 0.2) is 24.3 Å². The highest BCUT2D eigenvalue weighted by molar-refractivity contribution is 6.04. The van der Waals surface area contributed by atoms with E-state index in [4.69, 9.17) is 0 Å². The number of aromatic nitrogens is 3. The molecule has 4 rings (SSSR count). The van der Waals surface area contributed by atoms with Crippen molar-refractivity contribution in [1.29, 1.82) is 0 Å². The first kappa shape index (κ1) is 19.4. The van der Waals surface area contributed by atoms with Gasteiger partial charge in [0.15, 0.2) is 5.78 Å². The average molecular weight is 393 g/mol. The molecule has 6 nitrogen and oxygen atoms in total. The number of amides is 1. The van der Waals surface area contributed by atoms with Crippen molar-refractivity contribution < 1.29 is 9.59 Å². The van der Waals surface area contributed by atoms with Crippen molar-refractivity contribution in [1.82, 2.24) is 20.3 Å². The van der Waals surface area contributed by atoms with E-state index in [1.165, 1.54) is 0 Å². The number of benzene rings is 1. The lowest BCUT2D eigenvalue weighted by Crippen LogP contribution is -2.33. The van der Waals surface area contributed by atoms with Crippen LogP contribution in [0, 0.1) is 18.3 Å². The maximum absolute atomic E-state index is 13.2. The molecule has 2 aromatic heterocycles. The zero-order chi connectivity index (χ0) is 20.9. The molecule has 3 N–H and O–H groups in total. The number of nitrogens with zero attached hydrogens (tertiary/aromatic N) is 1. The lowest BCUT2D eigenvalue weighted by Gasteiger charge is -2.28. The van der Waals surface area contributed by atoms with Gasteiger partial charge in [0.25, 0.3) is 5.91 Å². The highest BCUT2D eigenvalue weighted by Crippen LogP contribution is 2.37. The number of carbonyl (C=O) groups excluding carboxylic acids is 2. The van der Waals surface area contributed by atoms with Gasteiger partial charge in [-0.2, -0.15) is 0 Å². The number of hydrogen-bond donors (Lipinski definition) is 3. The number of carbonyl (C=O) groups is 2. The fraction of sp³-hybridized carbons (Fsp3) is 0.435. The van der Waals surface area contributed by atoms with Crippen LogP contribution in [-0.4, -0.2) is 26.6 Å². The Kier molecular flexibility index (Phi) is 4.60. The summed E-state index contributed by atoms with van der Waals surface area (Å²) in [5, 5.41) is 3.12. The normalized spacial score (nSPS) is 16.8. The topological polar surface area (TPSA) is 90.6 Å². The third-order valence-electron chi connectivity index (χ3n) is 5.78. The predicted octanol–water partition coefficient (Wildman–Crippen LogP) is 4.48. The van der Waals surface area contributed by atoms with Crippen molar-refractivity contribution in [2.45, 2.75) is 53.5 Å². The molecule has 6 heteroatoms. The average Bonchev–Trinajstić information content (AvgIpc) is 3.19. The van der Waals surface area contributed by atoms with Crippen LogP contribution in [0.1, 0.15) is 78.1 Å². The van der Waals surface area contributed by atoms with Crippen LogP contribution in [0.5, 0.6) is 0 Å². The highest BCUT2D eigenvalue weighted by atomic mass is 16.2. The van der Waals surface area contributed by atoms with Crippen LogP contribution >= 0.6 is 0 Å². The lowest BCUT2D eigenvalue weighted by molar-refractivity contribution is 0.0906. The Balaban J connectivity index is 1.65. The summed E-state index contributed by atoms with van der Waals surface area (Å²) in [4.78, 5) is 37.0. The Hall–Kier alpha value is -2.89. The summed E-state index contributed by atoms with van der Waals surface area (Å²) < 4.78 is 0. The Labute approximate surface area is 170 Å². The van der Waals surface area contributed by atoms with Crippen molar-refractivity contribution in [3.63, 3.8) is 0 Å². The maximum atomic E-state index is 13.2. The van der Waals surface area contributed by atoms with E-state index < -0.39 is 0 Å². The summed E-state index contributed by atoms with van der Waals surface area (Å²) in [6.07, 6.45) is 1.27. The molecule has 0 saturated carbocycles. The van der Waals surface area contributed by atoms with E-state index in [1.54, 1.807) is 0 Å². The fourth-order valence-corrected chi connectivity index (χ4v) is 4.34. The SMILES string of the molecule is Cc1c(C(=O)N[C@H](c2nc3ccccc3[nH]2)C(C)C)[nH]c2c1C(=O)CC(C)(C)C2. The minimum atomic E-state index is -0.262. The number of H-pyrrole nitrogens is 2. The molecule has 0 bridgehead atoms. The number of aromatic amines is 2. The summed E-state index contributed by atoms with van der Waals surface area (Å²) in [7, 11) is 0. The van der Waals surface area contributed by atoms with Crippen LogP contribution < -0.4 is 5.32 Å². The lowest BCUT2D eigenvalue weighted by atomic mass is 9.75. The third kappa shape index (κ3) is 3.48. The molecule has 1 aromatic carbocycles. The predicted molar refractivity (Wildman–Crippen MR) is 113 cm³/mol. The van der Waals surface area contributed by atoms with Crippen LogP contribution in [0.2, 0.25) is 0 Å². The van der Waals surface area contributed by atoms with Gasteiger partial charge in [0, 0.05) is 17.7 Å². The van der Waals surface area contributed by atoms with Crippen molar-refractivity contribution in [2.24, 2.45) is 11.3 Å². The van der Waals surface area contributed by atoms with E-state index in [1.807, 2.05) is 31.2 Å². The number of Topliss-reactive ketones (excluding diaryl/α,β-unsaturated/α-hetero) is 1. The summed E-state index contributed by atoms with van der Waals surface area (Å²) in [5.41, 5.74) is 4.51.